The highest BCUT2D eigenvalue weighted by molar-refractivity contribution is 6.45. The molecule has 200 valence electrons. The first-order valence-corrected chi connectivity index (χ1v) is 12.1. The highest BCUT2D eigenvalue weighted by atomic mass is 35.5. The monoisotopic (exact) mass is 572 g/mol. The summed E-state index contributed by atoms with van der Waals surface area (Å²) in [4.78, 5) is 20.8. The molecule has 0 radical (unpaired) electrons. The van der Waals surface area contributed by atoms with Gasteiger partial charge in [0.25, 0.3) is 5.91 Å². The first-order valence-electron chi connectivity index (χ1n) is 11.3. The zero-order valence-corrected chi connectivity index (χ0v) is 22.0. The molecule has 13 heteroatoms. The molecule has 5 rings (SSSR count). The summed E-state index contributed by atoms with van der Waals surface area (Å²) in [5, 5.41) is 7.44. The molecule has 0 saturated heterocycles. The Hall–Kier alpha value is -4.19. The quantitative estimate of drug-likeness (QED) is 0.301. The Labute approximate surface area is 231 Å². The van der Waals surface area contributed by atoms with Crippen LogP contribution in [0.4, 0.5) is 31.7 Å². The number of aromatic nitrogens is 1. The molecular weight excluding hydrogens is 553 g/mol. The molecule has 0 fully saturated rings. The average Bonchev–Trinajstić information content (AvgIpc) is 3.41. The standard InChI is InChI=1S/C26H20Cl2F2N6O3/c1-12(29)26(37)34-16-6-4-5-15(30)24(16)35-20-8-17-13(10-31-20)7-14(25-32-11-33-36(17)25)21-22(27)18(38-2)9-19(39-3)23(21)28/h4-10,33H,1,11H2,2-3H3,(H,31,35)(H,34,37). The number of hydrogen-bond acceptors (Lipinski definition) is 8. The van der Waals surface area contributed by atoms with E-state index in [4.69, 9.17) is 32.7 Å². The van der Waals surface area contributed by atoms with E-state index in [-0.39, 0.29) is 33.9 Å². The minimum absolute atomic E-state index is 0.0123. The van der Waals surface area contributed by atoms with Crippen molar-refractivity contribution in [2.45, 2.75) is 0 Å². The number of anilines is 4. The number of hydrogen-bond donors (Lipinski definition) is 3. The molecule has 3 aromatic rings. The van der Waals surface area contributed by atoms with Crippen molar-refractivity contribution in [1.29, 1.82) is 0 Å². The molecule has 0 spiro atoms. The summed E-state index contributed by atoms with van der Waals surface area (Å²) in [7, 11) is 2.98. The maximum absolute atomic E-state index is 14.7. The summed E-state index contributed by atoms with van der Waals surface area (Å²) < 4.78 is 38.8. The molecule has 2 aliphatic heterocycles. The second-order valence-corrected chi connectivity index (χ2v) is 9.01. The van der Waals surface area contributed by atoms with Crippen molar-refractivity contribution in [2.75, 3.05) is 36.5 Å². The first kappa shape index (κ1) is 26.4. The summed E-state index contributed by atoms with van der Waals surface area (Å²) in [6.07, 6.45) is 3.39. The number of aliphatic imine (C=N–C) groups is 1. The van der Waals surface area contributed by atoms with Crippen LogP contribution in [-0.2, 0) is 4.79 Å². The molecule has 0 atom stereocenters. The maximum atomic E-state index is 14.7. The van der Waals surface area contributed by atoms with E-state index in [1.165, 1.54) is 32.4 Å². The largest absolute Gasteiger partial charge is 0.495 e. The molecule has 39 heavy (non-hydrogen) atoms. The van der Waals surface area contributed by atoms with Gasteiger partial charge in [-0.2, -0.15) is 0 Å². The highest BCUT2D eigenvalue weighted by Crippen LogP contribution is 2.47. The van der Waals surface area contributed by atoms with Crippen LogP contribution in [0.5, 0.6) is 11.5 Å². The number of nitrogens with zero attached hydrogens (tertiary/aromatic N) is 3. The van der Waals surface area contributed by atoms with Crippen LogP contribution >= 0.6 is 23.2 Å². The molecule has 0 saturated carbocycles. The molecule has 1 amide bonds. The number of carbonyl (C=O) groups excluding carboxylic acids is 1. The highest BCUT2D eigenvalue weighted by Gasteiger charge is 2.33. The van der Waals surface area contributed by atoms with Gasteiger partial charge in [-0.05, 0) is 18.2 Å². The van der Waals surface area contributed by atoms with Gasteiger partial charge in [0.15, 0.2) is 11.7 Å². The number of pyridine rings is 1. The lowest BCUT2D eigenvalue weighted by atomic mass is 9.97. The number of carbonyl (C=O) groups is 1. The predicted molar refractivity (Wildman–Crippen MR) is 148 cm³/mol. The lowest BCUT2D eigenvalue weighted by Gasteiger charge is -2.29. The number of amides is 1. The van der Waals surface area contributed by atoms with E-state index >= 15 is 0 Å². The van der Waals surface area contributed by atoms with Crippen LogP contribution in [0, 0.1) is 5.82 Å². The molecule has 3 heterocycles. The van der Waals surface area contributed by atoms with Gasteiger partial charge in [-0.25, -0.2) is 24.2 Å². The third-order valence-corrected chi connectivity index (χ3v) is 6.72. The van der Waals surface area contributed by atoms with Gasteiger partial charge in [-0.1, -0.05) is 35.8 Å². The topological polar surface area (TPSA) is 100 Å². The number of benzene rings is 2. The van der Waals surface area contributed by atoms with E-state index in [0.29, 0.717) is 39.7 Å². The van der Waals surface area contributed by atoms with Crippen molar-refractivity contribution in [2.24, 2.45) is 4.99 Å². The Balaban J connectivity index is 1.57. The lowest BCUT2D eigenvalue weighted by molar-refractivity contribution is -0.114. The second kappa shape index (κ2) is 10.5. The maximum Gasteiger partial charge on any atom is 0.283 e. The summed E-state index contributed by atoms with van der Waals surface area (Å²) in [5.41, 5.74) is 5.47. The Kier molecular flexibility index (Phi) is 7.13. The van der Waals surface area contributed by atoms with E-state index < -0.39 is 17.6 Å². The smallest absolute Gasteiger partial charge is 0.283 e. The van der Waals surface area contributed by atoms with Crippen LogP contribution in [0.25, 0.3) is 11.6 Å². The summed E-state index contributed by atoms with van der Waals surface area (Å²) in [6.45, 7) is 3.23. The third kappa shape index (κ3) is 4.76. The van der Waals surface area contributed by atoms with E-state index in [1.54, 1.807) is 23.3 Å². The molecule has 2 aromatic carbocycles. The second-order valence-electron chi connectivity index (χ2n) is 8.25. The van der Waals surface area contributed by atoms with Crippen molar-refractivity contribution < 1.29 is 23.0 Å². The Morgan fingerprint density at radius 3 is 2.56 bits per heavy atom. The van der Waals surface area contributed by atoms with E-state index in [9.17, 15) is 13.6 Å². The third-order valence-electron chi connectivity index (χ3n) is 5.97. The van der Waals surface area contributed by atoms with Gasteiger partial charge in [0, 0.05) is 35.0 Å². The van der Waals surface area contributed by atoms with Gasteiger partial charge < -0.3 is 20.1 Å². The Bertz CT molecular complexity index is 1570. The minimum atomic E-state index is -1.21. The Morgan fingerprint density at radius 2 is 1.90 bits per heavy atom. The van der Waals surface area contributed by atoms with Crippen LogP contribution in [-0.4, -0.2) is 37.6 Å². The fraction of sp³-hybridized carbons (Fsp3) is 0.115. The molecule has 1 aromatic heterocycles. The number of rotatable bonds is 7. The molecular formula is C26H20Cl2F2N6O3. The molecule has 2 aliphatic rings. The van der Waals surface area contributed by atoms with Crippen LogP contribution in [0.1, 0.15) is 11.1 Å². The summed E-state index contributed by atoms with van der Waals surface area (Å²) in [5.74, 6) is -1.46. The van der Waals surface area contributed by atoms with E-state index in [0.717, 1.165) is 0 Å². The average molecular weight is 573 g/mol. The minimum Gasteiger partial charge on any atom is -0.495 e. The zero-order chi connectivity index (χ0) is 27.8. The Morgan fingerprint density at radius 1 is 1.18 bits per heavy atom. The van der Waals surface area contributed by atoms with Gasteiger partial charge in [-0.3, -0.25) is 9.80 Å². The molecule has 9 nitrogen and oxygen atoms in total. The van der Waals surface area contributed by atoms with Crippen molar-refractivity contribution in [3.63, 3.8) is 0 Å². The van der Waals surface area contributed by atoms with Crippen molar-refractivity contribution in [3.8, 4) is 11.5 Å². The van der Waals surface area contributed by atoms with Crippen LogP contribution < -0.4 is 30.5 Å². The van der Waals surface area contributed by atoms with Crippen LogP contribution in [0.2, 0.25) is 10.0 Å². The van der Waals surface area contributed by atoms with Gasteiger partial charge in [-0.15, -0.1) is 0 Å². The predicted octanol–water partition coefficient (Wildman–Crippen LogP) is 5.94. The lowest BCUT2D eigenvalue weighted by Crippen LogP contribution is -2.39. The molecule has 0 bridgehead atoms. The SMILES string of the molecule is C=C(F)C(=O)Nc1cccc(F)c1Nc1cc2c(cn1)C=C(c1c(Cl)c(OC)cc(OC)c1Cl)C1=NCNN12. The summed E-state index contributed by atoms with van der Waals surface area (Å²) in [6, 6.07) is 7.25. The normalized spacial score (nSPS) is 13.6. The van der Waals surface area contributed by atoms with Gasteiger partial charge in [0.05, 0.1) is 41.3 Å². The fourth-order valence-corrected chi connectivity index (χ4v) is 4.86. The number of ether oxygens (including phenoxy) is 2. The number of nitrogens with one attached hydrogen (secondary N) is 3. The van der Waals surface area contributed by atoms with Gasteiger partial charge in [0.1, 0.15) is 29.8 Å². The first-order chi connectivity index (χ1) is 18.7. The van der Waals surface area contributed by atoms with Crippen LogP contribution in [0.15, 0.2) is 53.9 Å². The molecule has 0 unspecified atom stereocenters. The van der Waals surface area contributed by atoms with Crippen molar-refractivity contribution >= 4 is 69.5 Å². The van der Waals surface area contributed by atoms with Gasteiger partial charge >= 0.3 is 0 Å². The van der Waals surface area contributed by atoms with Crippen molar-refractivity contribution in [1.82, 2.24) is 10.4 Å². The summed E-state index contributed by atoms with van der Waals surface area (Å²) >= 11 is 13.3. The number of methoxy groups -OCH3 is 2. The van der Waals surface area contributed by atoms with E-state index in [2.05, 4.69) is 32.6 Å². The number of para-hydroxylation sites is 1. The van der Waals surface area contributed by atoms with E-state index in [1.807, 2.05) is 6.08 Å². The number of hydrazine groups is 1. The van der Waals surface area contributed by atoms with Gasteiger partial charge in [0.2, 0.25) is 0 Å². The van der Waals surface area contributed by atoms with Crippen LogP contribution in [0.3, 0.4) is 0 Å². The van der Waals surface area contributed by atoms with Crippen molar-refractivity contribution in [3.05, 3.63) is 75.9 Å². The molecule has 0 aliphatic carbocycles. The number of fused-ring (bicyclic) bond motifs is 3. The molecule has 3 N–H and O–H groups in total. The fourth-order valence-electron chi connectivity index (χ4n) is 4.16. The number of amidine groups is 1. The zero-order valence-electron chi connectivity index (χ0n) is 20.5. The number of halogens is 4.